The van der Waals surface area contributed by atoms with Gasteiger partial charge in [-0.2, -0.15) is 0 Å². The Hall–Kier alpha value is -1.10. The fraction of sp³-hybridized carbons (Fsp3) is 0.818. The lowest BCUT2D eigenvalue weighted by atomic mass is 9.91. The minimum Gasteiger partial charge on any atom is -0.480 e. The highest BCUT2D eigenvalue weighted by atomic mass is 16.6. The van der Waals surface area contributed by atoms with Crippen LogP contribution >= 0.6 is 0 Å². The number of carbonyl (C=O) groups is 2. The summed E-state index contributed by atoms with van der Waals surface area (Å²) in [6.45, 7) is 5.96. The molecule has 5 nitrogen and oxygen atoms in total. The minimum absolute atomic E-state index is 0.424. The van der Waals surface area contributed by atoms with Gasteiger partial charge in [0.2, 0.25) is 0 Å². The molecule has 0 radical (unpaired) electrons. The second-order valence-electron chi connectivity index (χ2n) is 5.05. The van der Waals surface area contributed by atoms with Gasteiger partial charge in [0.05, 0.1) is 5.92 Å². The Morgan fingerprint density at radius 1 is 1.38 bits per heavy atom. The van der Waals surface area contributed by atoms with Gasteiger partial charge in [-0.15, -0.1) is 0 Å². The van der Waals surface area contributed by atoms with Gasteiger partial charge in [0.25, 0.3) is 0 Å². The second kappa shape index (κ2) is 4.82. The van der Waals surface area contributed by atoms with Crippen molar-refractivity contribution in [1.82, 2.24) is 5.32 Å². The highest BCUT2D eigenvalue weighted by molar-refractivity contribution is 5.84. The number of carboxylic acid groups (broad SMARTS) is 1. The maximum Gasteiger partial charge on any atom is 0.321 e. The minimum atomic E-state index is -0.990. The molecule has 2 atom stereocenters. The largest absolute Gasteiger partial charge is 0.480 e. The number of carbonyl (C=O) groups excluding carboxylic acids is 1. The Morgan fingerprint density at radius 3 is 2.50 bits per heavy atom. The van der Waals surface area contributed by atoms with Crippen LogP contribution in [-0.2, 0) is 14.3 Å². The highest BCUT2D eigenvalue weighted by Gasteiger charge is 2.38. The Morgan fingerprint density at radius 2 is 2.00 bits per heavy atom. The molecule has 5 heteroatoms. The van der Waals surface area contributed by atoms with Gasteiger partial charge in [-0.3, -0.25) is 9.59 Å². The lowest BCUT2D eigenvalue weighted by Gasteiger charge is -2.30. The van der Waals surface area contributed by atoms with Crippen molar-refractivity contribution in [2.24, 2.45) is 5.92 Å². The number of hydrogen-bond acceptors (Lipinski definition) is 4. The summed E-state index contributed by atoms with van der Waals surface area (Å²) in [7, 11) is 0. The van der Waals surface area contributed by atoms with Crippen molar-refractivity contribution in [2.45, 2.75) is 45.3 Å². The van der Waals surface area contributed by atoms with Crippen molar-refractivity contribution in [1.29, 1.82) is 0 Å². The van der Waals surface area contributed by atoms with E-state index in [0.717, 1.165) is 6.42 Å². The maximum atomic E-state index is 11.8. The van der Waals surface area contributed by atoms with Crippen molar-refractivity contribution >= 4 is 11.9 Å². The third kappa shape index (κ3) is 3.48. The van der Waals surface area contributed by atoms with E-state index in [1.54, 1.807) is 20.8 Å². The summed E-state index contributed by atoms with van der Waals surface area (Å²) in [5.74, 6) is -1.99. The number of ether oxygens (including phenoxy) is 1. The summed E-state index contributed by atoms with van der Waals surface area (Å²) in [5.41, 5.74) is -0.572. The first-order valence-electron chi connectivity index (χ1n) is 5.50. The zero-order chi connectivity index (χ0) is 12.3. The summed E-state index contributed by atoms with van der Waals surface area (Å²) in [4.78, 5) is 22.8. The topological polar surface area (TPSA) is 75.6 Å². The summed E-state index contributed by atoms with van der Waals surface area (Å²) >= 11 is 0. The van der Waals surface area contributed by atoms with Crippen LogP contribution < -0.4 is 5.32 Å². The molecule has 16 heavy (non-hydrogen) atoms. The van der Waals surface area contributed by atoms with Crippen LogP contribution in [-0.4, -0.2) is 35.2 Å². The average Bonchev–Trinajstić information content (AvgIpc) is 2.15. The van der Waals surface area contributed by atoms with E-state index in [2.05, 4.69) is 5.32 Å². The van der Waals surface area contributed by atoms with Crippen molar-refractivity contribution in [3.05, 3.63) is 0 Å². The number of piperidine rings is 1. The van der Waals surface area contributed by atoms with Gasteiger partial charge < -0.3 is 15.2 Å². The number of rotatable bonds is 2. The van der Waals surface area contributed by atoms with Crippen molar-refractivity contribution < 1.29 is 19.4 Å². The highest BCUT2D eigenvalue weighted by Crippen LogP contribution is 2.21. The first-order valence-corrected chi connectivity index (χ1v) is 5.50. The molecule has 92 valence electrons. The van der Waals surface area contributed by atoms with Gasteiger partial charge in [0, 0.05) is 0 Å². The molecule has 1 aliphatic rings. The molecule has 0 saturated carbocycles. The van der Waals surface area contributed by atoms with Crippen LogP contribution in [0.4, 0.5) is 0 Å². The smallest absolute Gasteiger partial charge is 0.321 e. The van der Waals surface area contributed by atoms with Crippen molar-refractivity contribution in [3.63, 3.8) is 0 Å². The predicted molar refractivity (Wildman–Crippen MR) is 58.0 cm³/mol. The molecule has 0 bridgehead atoms. The standard InChI is InChI=1S/C11H19NO4/c1-11(2,3)16-10(15)7-5-4-6-12-8(7)9(13)14/h7-8,12H,4-6H2,1-3H3,(H,13,14)/t7-,8-/m0/s1. The second-order valence-corrected chi connectivity index (χ2v) is 5.05. The van der Waals surface area contributed by atoms with Gasteiger partial charge in [-0.05, 0) is 40.2 Å². The van der Waals surface area contributed by atoms with Crippen LogP contribution in [0.15, 0.2) is 0 Å². The van der Waals surface area contributed by atoms with E-state index < -0.39 is 29.5 Å². The third-order valence-corrected chi connectivity index (χ3v) is 2.43. The molecule has 1 fully saturated rings. The molecule has 0 amide bonds. The fourth-order valence-corrected chi connectivity index (χ4v) is 1.78. The Kier molecular flexibility index (Phi) is 3.91. The van der Waals surface area contributed by atoms with Crippen molar-refractivity contribution in [3.8, 4) is 0 Å². The Bertz CT molecular complexity index is 282. The summed E-state index contributed by atoms with van der Waals surface area (Å²) in [5, 5.41) is 11.8. The molecule has 1 rings (SSSR count). The number of hydrogen-bond donors (Lipinski definition) is 2. The monoisotopic (exact) mass is 229 g/mol. The molecular weight excluding hydrogens is 210 g/mol. The van der Waals surface area contributed by atoms with Crippen LogP contribution in [0.5, 0.6) is 0 Å². The lowest BCUT2D eigenvalue weighted by molar-refractivity contribution is -0.165. The van der Waals surface area contributed by atoms with Gasteiger partial charge >= 0.3 is 11.9 Å². The molecule has 2 N–H and O–H groups in total. The zero-order valence-electron chi connectivity index (χ0n) is 9.95. The molecule has 1 aliphatic heterocycles. The van der Waals surface area contributed by atoms with Crippen LogP contribution in [0.2, 0.25) is 0 Å². The molecule has 0 aromatic rings. The van der Waals surface area contributed by atoms with E-state index in [9.17, 15) is 9.59 Å². The van der Waals surface area contributed by atoms with E-state index in [1.165, 1.54) is 0 Å². The van der Waals surface area contributed by atoms with E-state index in [1.807, 2.05) is 0 Å². The van der Waals surface area contributed by atoms with Gasteiger partial charge in [-0.25, -0.2) is 0 Å². The molecular formula is C11H19NO4. The first kappa shape index (κ1) is 13.0. The zero-order valence-corrected chi connectivity index (χ0v) is 9.95. The maximum absolute atomic E-state index is 11.8. The molecule has 0 aromatic heterocycles. The number of esters is 1. The Balaban J connectivity index is 2.68. The Labute approximate surface area is 95.2 Å². The number of carboxylic acids is 1. The van der Waals surface area contributed by atoms with E-state index in [4.69, 9.17) is 9.84 Å². The predicted octanol–water partition coefficient (Wildman–Crippen LogP) is 0.781. The van der Waals surface area contributed by atoms with Gasteiger partial charge in [0.15, 0.2) is 0 Å². The first-order chi connectivity index (χ1) is 7.31. The molecule has 0 spiro atoms. The third-order valence-electron chi connectivity index (χ3n) is 2.43. The summed E-state index contributed by atoms with van der Waals surface area (Å²) in [6.07, 6.45) is 1.37. The van der Waals surface area contributed by atoms with Crippen molar-refractivity contribution in [2.75, 3.05) is 6.54 Å². The fourth-order valence-electron chi connectivity index (χ4n) is 1.78. The molecule has 0 aliphatic carbocycles. The van der Waals surface area contributed by atoms with Crippen LogP contribution in [0.25, 0.3) is 0 Å². The average molecular weight is 229 g/mol. The molecule has 0 aromatic carbocycles. The van der Waals surface area contributed by atoms with Crippen LogP contribution in [0.3, 0.4) is 0 Å². The summed E-state index contributed by atoms with van der Waals surface area (Å²) < 4.78 is 5.22. The van der Waals surface area contributed by atoms with Crippen LogP contribution in [0.1, 0.15) is 33.6 Å². The molecule has 1 saturated heterocycles. The van der Waals surface area contributed by atoms with Crippen LogP contribution in [0, 0.1) is 5.92 Å². The van der Waals surface area contributed by atoms with E-state index >= 15 is 0 Å². The SMILES string of the molecule is CC(C)(C)OC(=O)[C@H]1CCCN[C@@H]1C(=O)O. The number of nitrogens with one attached hydrogen (secondary N) is 1. The lowest BCUT2D eigenvalue weighted by Crippen LogP contribution is -2.50. The number of aliphatic carboxylic acids is 1. The van der Waals surface area contributed by atoms with E-state index in [-0.39, 0.29) is 0 Å². The van der Waals surface area contributed by atoms with Gasteiger partial charge in [0.1, 0.15) is 11.6 Å². The van der Waals surface area contributed by atoms with Gasteiger partial charge in [-0.1, -0.05) is 0 Å². The quantitative estimate of drug-likeness (QED) is 0.684. The normalized spacial score (nSPS) is 26.2. The molecule has 1 heterocycles. The molecule has 0 unspecified atom stereocenters. The van der Waals surface area contributed by atoms with E-state index in [0.29, 0.717) is 13.0 Å². The summed E-state index contributed by atoms with van der Waals surface area (Å²) in [6, 6.07) is -0.816.